The molecule has 0 unspecified atom stereocenters. The highest BCUT2D eigenvalue weighted by Gasteiger charge is 2.13. The summed E-state index contributed by atoms with van der Waals surface area (Å²) >= 11 is 1.40. The molecule has 0 atom stereocenters. The summed E-state index contributed by atoms with van der Waals surface area (Å²) in [6.45, 7) is 1.79. The molecular formula is C13H11N3O2S. The molecule has 0 aliphatic heterocycles. The first-order valence-corrected chi connectivity index (χ1v) is 6.46. The number of hydrogen-bond acceptors (Lipinski definition) is 5. The van der Waals surface area contributed by atoms with E-state index in [4.69, 9.17) is 10.2 Å². The molecule has 2 aromatic heterocycles. The summed E-state index contributed by atoms with van der Waals surface area (Å²) in [5.41, 5.74) is 7.12. The topological polar surface area (TPSA) is 81.2 Å². The summed E-state index contributed by atoms with van der Waals surface area (Å²) in [5, 5.41) is 3.57. The number of benzene rings is 1. The molecule has 0 saturated heterocycles. The molecule has 96 valence electrons. The number of aromatic nitrogens is 1. The van der Waals surface area contributed by atoms with E-state index in [-0.39, 0.29) is 11.9 Å². The number of hydrogen-bond donors (Lipinski definition) is 2. The van der Waals surface area contributed by atoms with Crippen molar-refractivity contribution in [2.24, 2.45) is 0 Å². The van der Waals surface area contributed by atoms with E-state index in [0.717, 1.165) is 15.8 Å². The average Bonchev–Trinajstić information content (AvgIpc) is 2.95. The first kappa shape index (κ1) is 11.7. The largest absolute Gasteiger partial charge is 0.432 e. The molecule has 1 amide bonds. The highest BCUT2D eigenvalue weighted by Crippen LogP contribution is 2.27. The zero-order chi connectivity index (χ0) is 13.4. The van der Waals surface area contributed by atoms with E-state index in [2.05, 4.69) is 10.3 Å². The van der Waals surface area contributed by atoms with Crippen LogP contribution in [-0.2, 0) is 0 Å². The highest BCUT2D eigenvalue weighted by molar-refractivity contribution is 7.20. The van der Waals surface area contributed by atoms with Crippen molar-refractivity contribution in [3.05, 3.63) is 41.1 Å². The van der Waals surface area contributed by atoms with E-state index >= 15 is 0 Å². The van der Waals surface area contributed by atoms with Crippen LogP contribution in [0.1, 0.15) is 15.4 Å². The Hall–Kier alpha value is -2.34. The van der Waals surface area contributed by atoms with Gasteiger partial charge in [0.25, 0.3) is 5.91 Å². The molecule has 0 aliphatic carbocycles. The lowest BCUT2D eigenvalue weighted by molar-refractivity contribution is 0.102. The van der Waals surface area contributed by atoms with Crippen molar-refractivity contribution in [2.75, 3.05) is 11.1 Å². The number of nitrogens with one attached hydrogen (secondary N) is 1. The molecule has 19 heavy (non-hydrogen) atoms. The second-order valence-electron chi connectivity index (χ2n) is 4.16. The van der Waals surface area contributed by atoms with E-state index < -0.39 is 0 Å². The quantitative estimate of drug-likeness (QED) is 0.703. The van der Waals surface area contributed by atoms with E-state index in [1.54, 1.807) is 6.92 Å². The number of fused-ring (bicyclic) bond motifs is 1. The first-order valence-electron chi connectivity index (χ1n) is 5.64. The first-order chi connectivity index (χ1) is 9.11. The van der Waals surface area contributed by atoms with E-state index in [1.165, 1.54) is 17.6 Å². The fourth-order valence-electron chi connectivity index (χ4n) is 1.74. The third-order valence-electron chi connectivity index (χ3n) is 2.60. The molecule has 3 rings (SSSR count). The molecule has 0 bridgehead atoms. The lowest BCUT2D eigenvalue weighted by atomic mass is 10.2. The Morgan fingerprint density at radius 2 is 2.26 bits per heavy atom. The molecule has 0 aliphatic rings. The molecule has 0 fully saturated rings. The molecule has 0 spiro atoms. The Labute approximate surface area is 113 Å². The van der Waals surface area contributed by atoms with Crippen LogP contribution in [-0.4, -0.2) is 10.9 Å². The summed E-state index contributed by atoms with van der Waals surface area (Å²) in [7, 11) is 0. The van der Waals surface area contributed by atoms with Crippen LogP contribution in [0, 0.1) is 6.92 Å². The van der Waals surface area contributed by atoms with Crippen LogP contribution in [0.3, 0.4) is 0 Å². The highest BCUT2D eigenvalue weighted by atomic mass is 32.1. The number of thiophene rings is 1. The number of oxazole rings is 1. The number of amides is 1. The monoisotopic (exact) mass is 273 g/mol. The van der Waals surface area contributed by atoms with Crippen LogP contribution in [0.25, 0.3) is 10.1 Å². The smallest absolute Gasteiger partial charge is 0.301 e. The predicted octanol–water partition coefficient (Wildman–Crippen LogP) is 3.03. The van der Waals surface area contributed by atoms with Crippen molar-refractivity contribution in [3.8, 4) is 0 Å². The minimum absolute atomic E-state index is 0.208. The molecule has 0 radical (unpaired) electrons. The second-order valence-corrected chi connectivity index (χ2v) is 5.24. The summed E-state index contributed by atoms with van der Waals surface area (Å²) < 4.78 is 6.11. The number of nitrogen functional groups attached to an aromatic ring is 1. The standard InChI is InChI=1S/C13H11N3O2S/c1-7-6-18-13(15-7)16-12(17)11-5-8-4-9(14)2-3-10(8)19-11/h2-6H,14H2,1H3,(H,15,16,17). The summed E-state index contributed by atoms with van der Waals surface area (Å²) in [4.78, 5) is 16.7. The van der Waals surface area contributed by atoms with Gasteiger partial charge in [-0.3, -0.25) is 10.1 Å². The van der Waals surface area contributed by atoms with Crippen LogP contribution in [0.4, 0.5) is 11.7 Å². The number of nitrogens with two attached hydrogens (primary N) is 1. The summed E-state index contributed by atoms with van der Waals surface area (Å²) in [6.07, 6.45) is 1.49. The van der Waals surface area contributed by atoms with Crippen molar-refractivity contribution in [1.29, 1.82) is 0 Å². The van der Waals surface area contributed by atoms with Crippen LogP contribution in [0.15, 0.2) is 34.9 Å². The van der Waals surface area contributed by atoms with Crippen molar-refractivity contribution >= 4 is 39.0 Å². The molecular weight excluding hydrogens is 262 g/mol. The van der Waals surface area contributed by atoms with Crippen LogP contribution >= 0.6 is 11.3 Å². The fraction of sp³-hybridized carbons (Fsp3) is 0.0769. The number of aryl methyl sites for hydroxylation is 1. The van der Waals surface area contributed by atoms with Gasteiger partial charge in [0.2, 0.25) is 0 Å². The van der Waals surface area contributed by atoms with Gasteiger partial charge in [0.1, 0.15) is 6.26 Å². The normalized spacial score (nSPS) is 10.8. The summed E-state index contributed by atoms with van der Waals surface area (Å²) in [5.74, 6) is -0.235. The van der Waals surface area contributed by atoms with E-state index in [1.807, 2.05) is 24.3 Å². The van der Waals surface area contributed by atoms with Crippen molar-refractivity contribution in [2.45, 2.75) is 6.92 Å². The number of rotatable bonds is 2. The van der Waals surface area contributed by atoms with Gasteiger partial charge in [-0.15, -0.1) is 11.3 Å². The molecule has 6 heteroatoms. The maximum absolute atomic E-state index is 12.0. The molecule has 0 saturated carbocycles. The Bertz CT molecular complexity index is 760. The van der Waals surface area contributed by atoms with Gasteiger partial charge in [0.05, 0.1) is 10.6 Å². The van der Waals surface area contributed by atoms with Gasteiger partial charge in [-0.05, 0) is 36.6 Å². The minimum Gasteiger partial charge on any atom is -0.432 e. The van der Waals surface area contributed by atoms with E-state index in [9.17, 15) is 4.79 Å². The maximum atomic E-state index is 12.0. The van der Waals surface area contributed by atoms with Crippen LogP contribution < -0.4 is 11.1 Å². The maximum Gasteiger partial charge on any atom is 0.301 e. The Kier molecular flexibility index (Phi) is 2.72. The number of carbonyl (C=O) groups excluding carboxylic acids is 1. The Morgan fingerprint density at radius 1 is 1.42 bits per heavy atom. The number of anilines is 2. The molecule has 3 aromatic rings. The zero-order valence-electron chi connectivity index (χ0n) is 10.1. The number of carbonyl (C=O) groups is 1. The van der Waals surface area contributed by atoms with Gasteiger partial charge in [0, 0.05) is 10.4 Å². The Morgan fingerprint density at radius 3 is 3.00 bits per heavy atom. The van der Waals surface area contributed by atoms with Crippen molar-refractivity contribution < 1.29 is 9.21 Å². The van der Waals surface area contributed by atoms with Gasteiger partial charge < -0.3 is 10.2 Å². The second kappa shape index (κ2) is 4.40. The SMILES string of the molecule is Cc1coc(NC(=O)c2cc3cc(N)ccc3s2)n1. The Balaban J connectivity index is 1.89. The average molecular weight is 273 g/mol. The lowest BCUT2D eigenvalue weighted by Crippen LogP contribution is -2.10. The molecule has 5 nitrogen and oxygen atoms in total. The summed E-state index contributed by atoms with van der Waals surface area (Å²) in [6, 6.07) is 7.58. The molecule has 2 heterocycles. The van der Waals surface area contributed by atoms with Gasteiger partial charge in [-0.1, -0.05) is 0 Å². The fourth-order valence-corrected chi connectivity index (χ4v) is 2.68. The van der Waals surface area contributed by atoms with Crippen molar-refractivity contribution in [3.63, 3.8) is 0 Å². The number of nitrogens with zero attached hydrogens (tertiary/aromatic N) is 1. The third kappa shape index (κ3) is 2.30. The van der Waals surface area contributed by atoms with Crippen LogP contribution in [0.2, 0.25) is 0 Å². The molecule has 1 aromatic carbocycles. The zero-order valence-corrected chi connectivity index (χ0v) is 11.0. The van der Waals surface area contributed by atoms with Gasteiger partial charge in [-0.25, -0.2) is 0 Å². The lowest BCUT2D eigenvalue weighted by Gasteiger charge is -1.95. The van der Waals surface area contributed by atoms with Crippen LogP contribution in [0.5, 0.6) is 0 Å². The molecule has 3 N–H and O–H groups in total. The van der Waals surface area contributed by atoms with Gasteiger partial charge in [0.15, 0.2) is 0 Å². The third-order valence-corrected chi connectivity index (χ3v) is 3.72. The van der Waals surface area contributed by atoms with E-state index in [0.29, 0.717) is 10.6 Å². The van der Waals surface area contributed by atoms with Gasteiger partial charge in [-0.2, -0.15) is 4.98 Å². The van der Waals surface area contributed by atoms with Gasteiger partial charge >= 0.3 is 6.01 Å². The predicted molar refractivity (Wildman–Crippen MR) is 75.4 cm³/mol. The van der Waals surface area contributed by atoms with Crippen molar-refractivity contribution in [1.82, 2.24) is 4.98 Å². The minimum atomic E-state index is -0.235.